The third-order valence-electron chi connectivity index (χ3n) is 3.62. The van der Waals surface area contributed by atoms with Crippen LogP contribution in [0.15, 0.2) is 42.5 Å². The van der Waals surface area contributed by atoms with Gasteiger partial charge in [-0.2, -0.15) is 0 Å². The molecule has 0 heterocycles. The van der Waals surface area contributed by atoms with Gasteiger partial charge in [-0.05, 0) is 25.1 Å². The van der Waals surface area contributed by atoms with Gasteiger partial charge in [0.05, 0.1) is 6.04 Å². The highest BCUT2D eigenvalue weighted by atomic mass is 19.1. The molecule has 2 aromatic rings. The van der Waals surface area contributed by atoms with E-state index in [-0.39, 0.29) is 16.9 Å². The van der Waals surface area contributed by atoms with E-state index in [2.05, 4.69) is 5.32 Å². The number of nitrogens with two attached hydrogens (primary N) is 1. The maximum absolute atomic E-state index is 13.7. The fraction of sp³-hybridized carbons (Fsp3) is 0.211. The van der Waals surface area contributed by atoms with Crippen molar-refractivity contribution in [3.63, 3.8) is 0 Å². The van der Waals surface area contributed by atoms with Gasteiger partial charge in [0.2, 0.25) is 0 Å². The molecule has 2 aromatic carbocycles. The fourth-order valence-electron chi connectivity index (χ4n) is 2.33. The van der Waals surface area contributed by atoms with Gasteiger partial charge in [-0.1, -0.05) is 18.2 Å². The maximum Gasteiger partial charge on any atom is 0.342 e. The Bertz CT molecular complexity index is 888. The molecule has 0 saturated carbocycles. The van der Waals surface area contributed by atoms with Crippen LogP contribution in [0.4, 0.5) is 8.78 Å². The highest BCUT2D eigenvalue weighted by molar-refractivity contribution is 5.94. The molecule has 0 aromatic heterocycles. The van der Waals surface area contributed by atoms with Crippen LogP contribution in [-0.4, -0.2) is 31.0 Å². The second kappa shape index (κ2) is 9.45. The third-order valence-corrected chi connectivity index (χ3v) is 3.62. The van der Waals surface area contributed by atoms with Crippen LogP contribution < -0.4 is 15.8 Å². The molecule has 0 radical (unpaired) electrons. The van der Waals surface area contributed by atoms with E-state index in [0.717, 1.165) is 6.07 Å². The van der Waals surface area contributed by atoms with Crippen molar-refractivity contribution in [2.75, 3.05) is 13.2 Å². The number of carbonyl (C=O) groups excluding carboxylic acids is 3. The number of rotatable bonds is 8. The maximum atomic E-state index is 13.7. The van der Waals surface area contributed by atoms with E-state index in [1.165, 1.54) is 25.1 Å². The quantitative estimate of drug-likeness (QED) is 0.667. The minimum atomic E-state index is -0.851. The zero-order valence-electron chi connectivity index (χ0n) is 14.9. The molecule has 1 atom stereocenters. The summed E-state index contributed by atoms with van der Waals surface area (Å²) >= 11 is 0. The van der Waals surface area contributed by atoms with Crippen LogP contribution in [-0.2, 0) is 14.3 Å². The van der Waals surface area contributed by atoms with Crippen LogP contribution in [0, 0.1) is 11.6 Å². The molecule has 3 N–H and O–H groups in total. The largest absolute Gasteiger partial charge is 0.483 e. The van der Waals surface area contributed by atoms with Gasteiger partial charge < -0.3 is 20.5 Å². The van der Waals surface area contributed by atoms with Crippen molar-refractivity contribution >= 4 is 17.8 Å². The van der Waals surface area contributed by atoms with Crippen LogP contribution in [0.1, 0.15) is 28.9 Å². The predicted octanol–water partition coefficient (Wildman–Crippen LogP) is 1.86. The summed E-state index contributed by atoms with van der Waals surface area (Å²) in [6, 6.07) is 8.20. The Hall–Kier alpha value is -3.49. The molecular weight excluding hydrogens is 374 g/mol. The smallest absolute Gasteiger partial charge is 0.342 e. The molecule has 0 bridgehead atoms. The lowest BCUT2D eigenvalue weighted by Crippen LogP contribution is -2.31. The molecule has 0 fully saturated rings. The van der Waals surface area contributed by atoms with Gasteiger partial charge in [0.25, 0.3) is 11.8 Å². The van der Waals surface area contributed by atoms with Crippen molar-refractivity contribution in [3.05, 3.63) is 65.2 Å². The summed E-state index contributed by atoms with van der Waals surface area (Å²) in [5.41, 5.74) is 5.10. The second-order valence-corrected chi connectivity index (χ2v) is 5.78. The Morgan fingerprint density at radius 3 is 2.50 bits per heavy atom. The van der Waals surface area contributed by atoms with Gasteiger partial charge in [-0.3, -0.25) is 9.59 Å². The molecule has 9 heteroatoms. The van der Waals surface area contributed by atoms with Gasteiger partial charge in [0.1, 0.15) is 22.9 Å². The number of para-hydroxylation sites is 1. The van der Waals surface area contributed by atoms with Crippen molar-refractivity contribution in [1.29, 1.82) is 0 Å². The number of benzene rings is 2. The number of hydrogen-bond acceptors (Lipinski definition) is 5. The van der Waals surface area contributed by atoms with Crippen LogP contribution in [0.5, 0.6) is 5.75 Å². The first-order valence-corrected chi connectivity index (χ1v) is 8.19. The fourth-order valence-corrected chi connectivity index (χ4v) is 2.33. The van der Waals surface area contributed by atoms with Crippen molar-refractivity contribution < 1.29 is 32.6 Å². The number of nitrogens with one attached hydrogen (secondary N) is 1. The molecule has 2 amide bonds. The molecular formula is C19H18F2N2O5. The topological polar surface area (TPSA) is 108 Å². The van der Waals surface area contributed by atoms with Crippen LogP contribution >= 0.6 is 0 Å². The zero-order valence-corrected chi connectivity index (χ0v) is 14.9. The second-order valence-electron chi connectivity index (χ2n) is 5.78. The summed E-state index contributed by atoms with van der Waals surface area (Å²) in [4.78, 5) is 34.9. The number of hydrogen-bond donors (Lipinski definition) is 2. The Kier molecular flexibility index (Phi) is 7.02. The Morgan fingerprint density at radius 1 is 1.11 bits per heavy atom. The SMILES string of the molecule is C[C@@H](NC(=O)COC(=O)c1ccccc1OCC(N)=O)c1ccc(F)cc1F. The monoisotopic (exact) mass is 392 g/mol. The molecule has 0 spiro atoms. The van der Waals surface area contributed by atoms with E-state index >= 15 is 0 Å². The lowest BCUT2D eigenvalue weighted by atomic mass is 10.1. The number of primary amides is 1. The minimum absolute atomic E-state index is 0.00850. The predicted molar refractivity (Wildman–Crippen MR) is 94.3 cm³/mol. The van der Waals surface area contributed by atoms with Crippen molar-refractivity contribution in [2.45, 2.75) is 13.0 Å². The van der Waals surface area contributed by atoms with E-state index in [4.69, 9.17) is 15.2 Å². The summed E-state index contributed by atoms with van der Waals surface area (Å²) < 4.78 is 36.7. The van der Waals surface area contributed by atoms with E-state index < -0.39 is 48.7 Å². The van der Waals surface area contributed by atoms with Gasteiger partial charge in [0.15, 0.2) is 13.2 Å². The Morgan fingerprint density at radius 2 is 1.82 bits per heavy atom. The first-order valence-electron chi connectivity index (χ1n) is 8.19. The number of esters is 1. The lowest BCUT2D eigenvalue weighted by molar-refractivity contribution is -0.124. The van der Waals surface area contributed by atoms with Gasteiger partial charge >= 0.3 is 5.97 Å². The number of halogens is 2. The Balaban J connectivity index is 1.94. The lowest BCUT2D eigenvalue weighted by Gasteiger charge is -2.15. The van der Waals surface area contributed by atoms with E-state index in [0.29, 0.717) is 6.07 Å². The van der Waals surface area contributed by atoms with Gasteiger partial charge in [-0.25, -0.2) is 13.6 Å². The number of carbonyl (C=O) groups is 3. The summed E-state index contributed by atoms with van der Waals surface area (Å²) in [6.45, 7) is 0.449. The highest BCUT2D eigenvalue weighted by Gasteiger charge is 2.18. The zero-order chi connectivity index (χ0) is 20.7. The summed E-state index contributed by atoms with van der Waals surface area (Å²) in [5, 5.41) is 2.45. The molecule has 0 aliphatic carbocycles. The minimum Gasteiger partial charge on any atom is -0.483 e. The number of ether oxygens (including phenoxy) is 2. The first-order chi connectivity index (χ1) is 13.3. The average Bonchev–Trinajstić information content (AvgIpc) is 2.64. The van der Waals surface area contributed by atoms with Crippen molar-refractivity contribution in [3.8, 4) is 5.75 Å². The summed E-state index contributed by atoms with van der Waals surface area (Å²) in [7, 11) is 0. The summed E-state index contributed by atoms with van der Waals surface area (Å²) in [5.74, 6) is -3.70. The third kappa shape index (κ3) is 5.76. The average molecular weight is 392 g/mol. The Labute approximate surface area is 159 Å². The molecule has 2 rings (SSSR count). The van der Waals surface area contributed by atoms with E-state index in [9.17, 15) is 23.2 Å². The molecule has 0 unspecified atom stereocenters. The summed E-state index contributed by atoms with van der Waals surface area (Å²) in [6.07, 6.45) is 0. The van der Waals surface area contributed by atoms with Gasteiger partial charge in [-0.15, -0.1) is 0 Å². The molecule has 28 heavy (non-hydrogen) atoms. The number of amides is 2. The van der Waals surface area contributed by atoms with Crippen LogP contribution in [0.2, 0.25) is 0 Å². The van der Waals surface area contributed by atoms with Crippen LogP contribution in [0.3, 0.4) is 0 Å². The first kappa shape index (κ1) is 20.8. The standard InChI is InChI=1S/C19H18F2N2O5/c1-11(13-7-6-12(20)8-15(13)21)23-18(25)10-28-19(26)14-4-2-3-5-16(14)27-9-17(22)24/h2-8,11H,9-10H2,1H3,(H2,22,24)(H,23,25)/t11-/m1/s1. The van der Waals surface area contributed by atoms with Crippen molar-refractivity contribution in [1.82, 2.24) is 5.32 Å². The molecule has 148 valence electrons. The van der Waals surface area contributed by atoms with Crippen molar-refractivity contribution in [2.24, 2.45) is 5.73 Å². The van der Waals surface area contributed by atoms with E-state index in [1.54, 1.807) is 12.1 Å². The van der Waals surface area contributed by atoms with Crippen LogP contribution in [0.25, 0.3) is 0 Å². The molecule has 0 aliphatic rings. The highest BCUT2D eigenvalue weighted by Crippen LogP contribution is 2.19. The van der Waals surface area contributed by atoms with Gasteiger partial charge in [0, 0.05) is 11.6 Å². The molecule has 0 saturated heterocycles. The van der Waals surface area contributed by atoms with E-state index in [1.807, 2.05) is 0 Å². The molecule has 7 nitrogen and oxygen atoms in total. The molecule has 0 aliphatic heterocycles. The normalized spacial score (nSPS) is 11.4.